The molecule has 4 rings (SSSR count). The van der Waals surface area contributed by atoms with E-state index in [0.29, 0.717) is 11.7 Å². The molecule has 3 aromatic rings. The second-order valence-corrected chi connectivity index (χ2v) is 7.20. The van der Waals surface area contributed by atoms with Gasteiger partial charge in [0.15, 0.2) is 0 Å². The largest absolute Gasteiger partial charge is 0.354 e. The van der Waals surface area contributed by atoms with Gasteiger partial charge in [0.2, 0.25) is 11.0 Å². The number of hydrogen-bond acceptors (Lipinski definition) is 7. The monoisotopic (exact) mass is 368 g/mol. The number of fused-ring (bicyclic) bond motifs is 1. The third-order valence-electron chi connectivity index (χ3n) is 4.49. The van der Waals surface area contributed by atoms with Crippen molar-refractivity contribution in [1.82, 2.24) is 20.1 Å². The van der Waals surface area contributed by atoms with Crippen molar-refractivity contribution in [2.24, 2.45) is 0 Å². The van der Waals surface area contributed by atoms with E-state index in [2.05, 4.69) is 55.6 Å². The molecule has 1 aromatic carbocycles. The predicted octanol–water partition coefficient (Wildman–Crippen LogP) is 2.16. The van der Waals surface area contributed by atoms with Gasteiger partial charge < -0.3 is 4.90 Å². The van der Waals surface area contributed by atoms with Crippen molar-refractivity contribution in [1.29, 1.82) is 0 Å². The number of rotatable bonds is 4. The summed E-state index contributed by atoms with van der Waals surface area (Å²) in [5, 5.41) is 13.3. The van der Waals surface area contributed by atoms with Crippen molar-refractivity contribution in [3.05, 3.63) is 41.5 Å². The van der Waals surface area contributed by atoms with E-state index >= 15 is 0 Å². The summed E-state index contributed by atoms with van der Waals surface area (Å²) in [4.78, 5) is 21.4. The summed E-state index contributed by atoms with van der Waals surface area (Å²) in [5.41, 5.74) is 2.63. The van der Waals surface area contributed by atoms with E-state index in [1.54, 1.807) is 5.51 Å². The van der Waals surface area contributed by atoms with Gasteiger partial charge in [-0.2, -0.15) is 0 Å². The SMILES string of the molecule is Cc1cc2ccccc2c(N2CCN(CC(=O)Nc3nncs3)CC2)n1. The Morgan fingerprint density at radius 2 is 2.04 bits per heavy atom. The summed E-state index contributed by atoms with van der Waals surface area (Å²) in [6.45, 7) is 5.76. The molecule has 3 heterocycles. The van der Waals surface area contributed by atoms with Gasteiger partial charge in [0, 0.05) is 37.3 Å². The first-order chi connectivity index (χ1) is 12.7. The van der Waals surface area contributed by atoms with E-state index in [-0.39, 0.29) is 5.91 Å². The summed E-state index contributed by atoms with van der Waals surface area (Å²) in [5.74, 6) is 0.993. The quantitative estimate of drug-likeness (QED) is 0.761. The molecule has 2 aromatic heterocycles. The zero-order chi connectivity index (χ0) is 17.9. The Morgan fingerprint density at radius 3 is 2.81 bits per heavy atom. The smallest absolute Gasteiger partial charge is 0.240 e. The summed E-state index contributed by atoms with van der Waals surface area (Å²) in [6.07, 6.45) is 0. The van der Waals surface area contributed by atoms with Gasteiger partial charge in [0.05, 0.1) is 6.54 Å². The third-order valence-corrected chi connectivity index (χ3v) is 5.10. The average Bonchev–Trinajstić information content (AvgIpc) is 3.14. The van der Waals surface area contributed by atoms with Gasteiger partial charge in [-0.3, -0.25) is 15.0 Å². The third kappa shape index (κ3) is 3.66. The number of aromatic nitrogens is 3. The molecule has 1 N–H and O–H groups in total. The van der Waals surface area contributed by atoms with Crippen LogP contribution in [0.4, 0.5) is 10.9 Å². The van der Waals surface area contributed by atoms with Gasteiger partial charge in [0.1, 0.15) is 11.3 Å². The van der Waals surface area contributed by atoms with Crippen LogP contribution < -0.4 is 10.2 Å². The number of hydrogen-bond donors (Lipinski definition) is 1. The number of carbonyl (C=O) groups excluding carboxylic acids is 1. The number of nitrogens with one attached hydrogen (secondary N) is 1. The lowest BCUT2D eigenvalue weighted by molar-refractivity contribution is -0.117. The molecule has 0 bridgehead atoms. The van der Waals surface area contributed by atoms with Crippen LogP contribution in [0, 0.1) is 6.92 Å². The molecule has 0 spiro atoms. The van der Waals surface area contributed by atoms with Gasteiger partial charge in [-0.1, -0.05) is 35.6 Å². The molecule has 134 valence electrons. The fraction of sp³-hybridized carbons (Fsp3) is 0.333. The fourth-order valence-corrected chi connectivity index (χ4v) is 3.72. The molecule has 7 nitrogen and oxygen atoms in total. The van der Waals surface area contributed by atoms with Crippen molar-refractivity contribution in [2.45, 2.75) is 6.92 Å². The molecular formula is C18H20N6OS. The van der Waals surface area contributed by atoms with Crippen LogP contribution in [0.15, 0.2) is 35.8 Å². The van der Waals surface area contributed by atoms with Gasteiger partial charge in [0.25, 0.3) is 0 Å². The molecule has 1 aliphatic rings. The Morgan fingerprint density at radius 1 is 1.23 bits per heavy atom. The Labute approximate surface area is 155 Å². The Kier molecular flexibility index (Phi) is 4.77. The minimum absolute atomic E-state index is 0.0469. The molecule has 0 unspecified atom stereocenters. The molecule has 1 amide bonds. The van der Waals surface area contributed by atoms with Crippen molar-refractivity contribution in [3.63, 3.8) is 0 Å². The number of anilines is 2. The first-order valence-electron chi connectivity index (χ1n) is 8.59. The fourth-order valence-electron chi connectivity index (χ4n) is 3.26. The van der Waals surface area contributed by atoms with Gasteiger partial charge in [-0.25, -0.2) is 4.98 Å². The van der Waals surface area contributed by atoms with E-state index in [1.165, 1.54) is 22.1 Å². The van der Waals surface area contributed by atoms with Crippen molar-refractivity contribution in [2.75, 3.05) is 42.9 Å². The Hall–Kier alpha value is -2.58. The molecule has 1 aliphatic heterocycles. The molecule has 0 radical (unpaired) electrons. The number of nitrogens with zero attached hydrogens (tertiary/aromatic N) is 5. The van der Waals surface area contributed by atoms with E-state index < -0.39 is 0 Å². The van der Waals surface area contributed by atoms with E-state index in [0.717, 1.165) is 37.7 Å². The first-order valence-corrected chi connectivity index (χ1v) is 9.47. The lowest BCUT2D eigenvalue weighted by Gasteiger charge is -2.35. The average molecular weight is 368 g/mol. The van der Waals surface area contributed by atoms with Crippen molar-refractivity contribution in [3.8, 4) is 0 Å². The van der Waals surface area contributed by atoms with Crippen LogP contribution in [0.3, 0.4) is 0 Å². The number of pyridine rings is 1. The molecular weight excluding hydrogens is 348 g/mol. The van der Waals surface area contributed by atoms with E-state index in [4.69, 9.17) is 4.98 Å². The van der Waals surface area contributed by atoms with E-state index in [1.807, 2.05) is 6.92 Å². The highest BCUT2D eigenvalue weighted by atomic mass is 32.1. The zero-order valence-corrected chi connectivity index (χ0v) is 15.4. The van der Waals surface area contributed by atoms with Crippen molar-refractivity contribution >= 4 is 39.0 Å². The second kappa shape index (κ2) is 7.35. The summed E-state index contributed by atoms with van der Waals surface area (Å²) in [6, 6.07) is 10.5. The van der Waals surface area contributed by atoms with Crippen LogP contribution in [0.1, 0.15) is 5.69 Å². The highest BCUT2D eigenvalue weighted by molar-refractivity contribution is 7.13. The van der Waals surface area contributed by atoms with Crippen LogP contribution >= 0.6 is 11.3 Å². The van der Waals surface area contributed by atoms with Crippen LogP contribution in [0.5, 0.6) is 0 Å². The minimum atomic E-state index is -0.0469. The Balaban J connectivity index is 1.40. The van der Waals surface area contributed by atoms with Crippen LogP contribution in [0.25, 0.3) is 10.8 Å². The van der Waals surface area contributed by atoms with Crippen LogP contribution in [-0.4, -0.2) is 58.7 Å². The van der Waals surface area contributed by atoms with Gasteiger partial charge in [-0.05, 0) is 18.4 Å². The summed E-state index contributed by atoms with van der Waals surface area (Å²) in [7, 11) is 0. The molecule has 26 heavy (non-hydrogen) atoms. The second-order valence-electron chi connectivity index (χ2n) is 6.36. The summed E-state index contributed by atoms with van der Waals surface area (Å²) < 4.78 is 0. The highest BCUT2D eigenvalue weighted by Gasteiger charge is 2.21. The molecule has 0 atom stereocenters. The first kappa shape index (κ1) is 16.9. The maximum atomic E-state index is 12.1. The number of carbonyl (C=O) groups is 1. The minimum Gasteiger partial charge on any atom is -0.354 e. The maximum Gasteiger partial charge on any atom is 0.240 e. The summed E-state index contributed by atoms with van der Waals surface area (Å²) >= 11 is 1.32. The number of benzene rings is 1. The lowest BCUT2D eigenvalue weighted by atomic mass is 10.1. The molecule has 1 saturated heterocycles. The number of aryl methyl sites for hydroxylation is 1. The zero-order valence-electron chi connectivity index (χ0n) is 14.6. The molecule has 8 heteroatoms. The standard InChI is InChI=1S/C18H20N6OS/c1-13-10-14-4-2-3-5-15(14)17(20-13)24-8-6-23(7-9-24)11-16(25)21-18-22-19-12-26-18/h2-5,10,12H,6-9,11H2,1H3,(H,21,22,25). The van der Waals surface area contributed by atoms with Crippen LogP contribution in [0.2, 0.25) is 0 Å². The van der Waals surface area contributed by atoms with Gasteiger partial charge in [-0.15, -0.1) is 10.2 Å². The predicted molar refractivity (Wildman–Crippen MR) is 104 cm³/mol. The highest BCUT2D eigenvalue weighted by Crippen LogP contribution is 2.26. The van der Waals surface area contributed by atoms with Crippen molar-refractivity contribution < 1.29 is 4.79 Å². The number of piperazine rings is 1. The lowest BCUT2D eigenvalue weighted by Crippen LogP contribution is -2.49. The number of amides is 1. The topological polar surface area (TPSA) is 74.2 Å². The molecule has 1 fully saturated rings. The van der Waals surface area contributed by atoms with Crippen LogP contribution in [-0.2, 0) is 4.79 Å². The molecule has 0 saturated carbocycles. The molecule has 0 aliphatic carbocycles. The Bertz CT molecular complexity index is 905. The normalized spacial score (nSPS) is 15.3. The van der Waals surface area contributed by atoms with Gasteiger partial charge >= 0.3 is 0 Å². The van der Waals surface area contributed by atoms with E-state index in [9.17, 15) is 4.79 Å². The maximum absolute atomic E-state index is 12.1.